The Bertz CT molecular complexity index is 456. The number of rotatable bonds is 3. The topological polar surface area (TPSA) is 21.3 Å². The summed E-state index contributed by atoms with van der Waals surface area (Å²) in [5, 5.41) is 3.73. The molecule has 2 heterocycles. The SMILES string of the molecule is Cc1cc(OC2CC3CCCC(C2)N3)cc(C(C)C)c1. The fraction of sp³-hybridized carbons (Fsp3) is 0.667. The van der Waals surface area contributed by atoms with Crippen LogP contribution in [0, 0.1) is 6.92 Å². The highest BCUT2D eigenvalue weighted by molar-refractivity contribution is 5.35. The van der Waals surface area contributed by atoms with Crippen molar-refractivity contribution in [2.24, 2.45) is 0 Å². The van der Waals surface area contributed by atoms with Crippen molar-refractivity contribution in [1.82, 2.24) is 5.32 Å². The number of piperidine rings is 2. The fourth-order valence-electron chi connectivity index (χ4n) is 3.68. The third-order valence-electron chi connectivity index (χ3n) is 4.71. The van der Waals surface area contributed by atoms with Gasteiger partial charge in [0.05, 0.1) is 0 Å². The van der Waals surface area contributed by atoms with E-state index in [1.54, 1.807) is 0 Å². The van der Waals surface area contributed by atoms with E-state index in [0.717, 1.165) is 5.75 Å². The molecule has 2 unspecified atom stereocenters. The summed E-state index contributed by atoms with van der Waals surface area (Å²) >= 11 is 0. The van der Waals surface area contributed by atoms with Crippen molar-refractivity contribution in [3.05, 3.63) is 29.3 Å². The minimum absolute atomic E-state index is 0.397. The molecule has 20 heavy (non-hydrogen) atoms. The van der Waals surface area contributed by atoms with Crippen LogP contribution in [-0.2, 0) is 0 Å². The molecule has 0 amide bonds. The quantitative estimate of drug-likeness (QED) is 0.892. The van der Waals surface area contributed by atoms with Crippen LogP contribution in [0.5, 0.6) is 5.75 Å². The van der Waals surface area contributed by atoms with E-state index in [9.17, 15) is 0 Å². The van der Waals surface area contributed by atoms with Crippen LogP contribution in [-0.4, -0.2) is 18.2 Å². The van der Waals surface area contributed by atoms with E-state index in [0.29, 0.717) is 24.1 Å². The second kappa shape index (κ2) is 5.77. The lowest BCUT2D eigenvalue weighted by Gasteiger charge is -2.40. The second-order valence-corrected chi connectivity index (χ2v) is 6.94. The normalized spacial score (nSPS) is 29.5. The van der Waals surface area contributed by atoms with Crippen LogP contribution < -0.4 is 10.1 Å². The molecule has 1 aromatic rings. The van der Waals surface area contributed by atoms with Gasteiger partial charge in [-0.3, -0.25) is 0 Å². The highest BCUT2D eigenvalue weighted by Crippen LogP contribution is 2.30. The lowest BCUT2D eigenvalue weighted by atomic mass is 9.85. The summed E-state index contributed by atoms with van der Waals surface area (Å²) in [6.07, 6.45) is 6.76. The van der Waals surface area contributed by atoms with Gasteiger partial charge in [-0.15, -0.1) is 0 Å². The van der Waals surface area contributed by atoms with Gasteiger partial charge in [-0.05, 0) is 61.8 Å². The molecule has 2 bridgehead atoms. The Balaban J connectivity index is 1.71. The third kappa shape index (κ3) is 3.17. The molecule has 1 N–H and O–H groups in total. The van der Waals surface area contributed by atoms with Crippen molar-refractivity contribution in [3.63, 3.8) is 0 Å². The van der Waals surface area contributed by atoms with Gasteiger partial charge in [0.2, 0.25) is 0 Å². The first-order valence-electron chi connectivity index (χ1n) is 8.14. The number of benzene rings is 1. The van der Waals surface area contributed by atoms with Gasteiger partial charge in [0, 0.05) is 12.1 Å². The summed E-state index contributed by atoms with van der Waals surface area (Å²) in [5.41, 5.74) is 2.69. The Morgan fingerprint density at radius 1 is 1.10 bits per heavy atom. The van der Waals surface area contributed by atoms with E-state index < -0.39 is 0 Å². The van der Waals surface area contributed by atoms with Crippen molar-refractivity contribution in [1.29, 1.82) is 0 Å². The molecule has 3 rings (SSSR count). The van der Waals surface area contributed by atoms with Crippen molar-refractivity contribution in [2.45, 2.75) is 77.0 Å². The summed E-state index contributed by atoms with van der Waals surface area (Å²) in [6, 6.07) is 8.05. The van der Waals surface area contributed by atoms with Crippen LogP contribution in [0.2, 0.25) is 0 Å². The molecule has 1 aromatic carbocycles. The first-order chi connectivity index (χ1) is 9.60. The largest absolute Gasteiger partial charge is 0.490 e. The lowest BCUT2D eigenvalue weighted by Crippen LogP contribution is -2.51. The smallest absolute Gasteiger partial charge is 0.120 e. The van der Waals surface area contributed by atoms with E-state index in [-0.39, 0.29) is 0 Å². The second-order valence-electron chi connectivity index (χ2n) is 6.94. The molecule has 0 spiro atoms. The van der Waals surface area contributed by atoms with Gasteiger partial charge in [0.1, 0.15) is 11.9 Å². The van der Waals surface area contributed by atoms with Gasteiger partial charge in [-0.2, -0.15) is 0 Å². The van der Waals surface area contributed by atoms with Gasteiger partial charge >= 0.3 is 0 Å². The molecule has 2 saturated heterocycles. The van der Waals surface area contributed by atoms with Gasteiger partial charge in [-0.25, -0.2) is 0 Å². The van der Waals surface area contributed by atoms with Crippen LogP contribution in [0.1, 0.15) is 63.0 Å². The summed E-state index contributed by atoms with van der Waals surface area (Å²) < 4.78 is 6.32. The molecule has 0 aliphatic carbocycles. The van der Waals surface area contributed by atoms with Gasteiger partial charge < -0.3 is 10.1 Å². The minimum Gasteiger partial charge on any atom is -0.490 e. The maximum Gasteiger partial charge on any atom is 0.120 e. The van der Waals surface area contributed by atoms with Crippen LogP contribution >= 0.6 is 0 Å². The van der Waals surface area contributed by atoms with Crippen molar-refractivity contribution in [3.8, 4) is 5.75 Å². The molecule has 2 aliphatic rings. The van der Waals surface area contributed by atoms with E-state index in [4.69, 9.17) is 4.74 Å². The number of hydrogen-bond donors (Lipinski definition) is 1. The Kier molecular flexibility index (Phi) is 4.02. The average molecular weight is 273 g/mol. The maximum atomic E-state index is 6.32. The molecule has 110 valence electrons. The molecule has 0 saturated carbocycles. The van der Waals surface area contributed by atoms with E-state index in [1.165, 1.54) is 43.2 Å². The first-order valence-corrected chi connectivity index (χ1v) is 8.14. The molecule has 2 nitrogen and oxygen atoms in total. The summed E-state index contributed by atoms with van der Waals surface area (Å²) in [7, 11) is 0. The number of aryl methyl sites for hydroxylation is 1. The zero-order valence-corrected chi connectivity index (χ0v) is 13.0. The highest BCUT2D eigenvalue weighted by Gasteiger charge is 2.32. The minimum atomic E-state index is 0.397. The van der Waals surface area contributed by atoms with E-state index >= 15 is 0 Å². The molecule has 2 aliphatic heterocycles. The summed E-state index contributed by atoms with van der Waals surface area (Å²) in [5.74, 6) is 1.63. The molecule has 0 radical (unpaired) electrons. The van der Waals surface area contributed by atoms with Crippen LogP contribution in [0.15, 0.2) is 18.2 Å². The Labute approximate surface area is 122 Å². The Morgan fingerprint density at radius 3 is 2.45 bits per heavy atom. The fourth-order valence-corrected chi connectivity index (χ4v) is 3.68. The summed E-state index contributed by atoms with van der Waals surface area (Å²) in [6.45, 7) is 6.65. The van der Waals surface area contributed by atoms with E-state index in [1.807, 2.05) is 0 Å². The standard InChI is InChI=1S/C18H27NO/c1-12(2)14-7-13(3)8-17(9-14)20-18-10-15-5-4-6-16(11-18)19-15/h7-9,12,15-16,18-19H,4-6,10-11H2,1-3H3. The number of nitrogens with one attached hydrogen (secondary N) is 1. The zero-order chi connectivity index (χ0) is 14.1. The van der Waals surface area contributed by atoms with Crippen molar-refractivity contribution >= 4 is 0 Å². The van der Waals surface area contributed by atoms with E-state index in [2.05, 4.69) is 44.3 Å². The predicted octanol–water partition coefficient (Wildman–Crippen LogP) is 4.17. The molecular weight excluding hydrogens is 246 g/mol. The van der Waals surface area contributed by atoms with Gasteiger partial charge in [0.25, 0.3) is 0 Å². The molecular formula is C18H27NO. The Morgan fingerprint density at radius 2 is 1.80 bits per heavy atom. The molecule has 0 aromatic heterocycles. The van der Waals surface area contributed by atoms with Crippen molar-refractivity contribution < 1.29 is 4.74 Å². The highest BCUT2D eigenvalue weighted by atomic mass is 16.5. The van der Waals surface area contributed by atoms with Crippen molar-refractivity contribution in [2.75, 3.05) is 0 Å². The van der Waals surface area contributed by atoms with Crippen LogP contribution in [0.4, 0.5) is 0 Å². The number of hydrogen-bond acceptors (Lipinski definition) is 2. The van der Waals surface area contributed by atoms with Gasteiger partial charge in [0.15, 0.2) is 0 Å². The predicted molar refractivity (Wildman–Crippen MR) is 83.5 cm³/mol. The first kappa shape index (κ1) is 13.9. The average Bonchev–Trinajstić information content (AvgIpc) is 2.37. The summed E-state index contributed by atoms with van der Waals surface area (Å²) in [4.78, 5) is 0. The number of fused-ring (bicyclic) bond motifs is 2. The third-order valence-corrected chi connectivity index (χ3v) is 4.71. The molecule has 2 fully saturated rings. The Hall–Kier alpha value is -1.02. The number of ether oxygens (including phenoxy) is 1. The van der Waals surface area contributed by atoms with Crippen LogP contribution in [0.25, 0.3) is 0 Å². The van der Waals surface area contributed by atoms with Gasteiger partial charge in [-0.1, -0.05) is 26.3 Å². The molecule has 2 heteroatoms. The maximum absolute atomic E-state index is 6.32. The monoisotopic (exact) mass is 273 g/mol. The lowest BCUT2D eigenvalue weighted by molar-refractivity contribution is 0.0926. The molecule has 2 atom stereocenters. The van der Waals surface area contributed by atoms with Crippen LogP contribution in [0.3, 0.4) is 0 Å². The zero-order valence-electron chi connectivity index (χ0n) is 13.0.